The van der Waals surface area contributed by atoms with Gasteiger partial charge in [0.1, 0.15) is 0 Å². The summed E-state index contributed by atoms with van der Waals surface area (Å²) in [6.07, 6.45) is 0. The fraction of sp³-hybridized carbons (Fsp3) is 0.400. The second-order valence-electron chi connectivity index (χ2n) is 3.48. The van der Waals surface area contributed by atoms with Gasteiger partial charge in [0.2, 0.25) is 0 Å². The van der Waals surface area contributed by atoms with Gasteiger partial charge in [-0.25, -0.2) is 4.39 Å². The molecule has 10 heteroatoms. The molecular formula is C10H10F4N2O3S. The first kappa shape index (κ1) is 16.3. The molecule has 0 bridgehead atoms. The Bertz CT molecular complexity index is 496. The first-order chi connectivity index (χ1) is 9.24. The SMILES string of the molecule is COc1cc(NCCSC(F)(F)F)c(F)cc1[N+](=O)[O-]. The molecule has 1 aromatic rings. The summed E-state index contributed by atoms with van der Waals surface area (Å²) in [6, 6.07) is 1.68. The van der Waals surface area contributed by atoms with Gasteiger partial charge >= 0.3 is 11.2 Å². The van der Waals surface area contributed by atoms with Gasteiger partial charge in [-0.05, 0) is 11.8 Å². The van der Waals surface area contributed by atoms with E-state index >= 15 is 0 Å². The number of nitro groups is 1. The maximum atomic E-state index is 13.5. The van der Waals surface area contributed by atoms with E-state index in [-0.39, 0.29) is 35.5 Å². The molecule has 1 aromatic carbocycles. The number of nitro benzene ring substituents is 1. The van der Waals surface area contributed by atoms with Crippen LogP contribution in [0.15, 0.2) is 12.1 Å². The van der Waals surface area contributed by atoms with Crippen LogP contribution in [0.5, 0.6) is 5.75 Å². The van der Waals surface area contributed by atoms with Crippen molar-refractivity contribution in [3.63, 3.8) is 0 Å². The number of hydrogen-bond acceptors (Lipinski definition) is 5. The molecule has 0 aromatic heterocycles. The lowest BCUT2D eigenvalue weighted by Gasteiger charge is -2.10. The number of anilines is 1. The van der Waals surface area contributed by atoms with Gasteiger partial charge in [-0.3, -0.25) is 10.1 Å². The van der Waals surface area contributed by atoms with Crippen LogP contribution in [0.1, 0.15) is 0 Å². The fourth-order valence-corrected chi connectivity index (χ4v) is 1.77. The molecule has 20 heavy (non-hydrogen) atoms. The second-order valence-corrected chi connectivity index (χ2v) is 4.64. The highest BCUT2D eigenvalue weighted by Crippen LogP contribution is 2.33. The van der Waals surface area contributed by atoms with Gasteiger partial charge in [0.05, 0.1) is 23.8 Å². The van der Waals surface area contributed by atoms with Crippen LogP contribution in [-0.4, -0.2) is 29.8 Å². The topological polar surface area (TPSA) is 64.4 Å². The maximum absolute atomic E-state index is 13.5. The molecule has 0 aliphatic heterocycles. The van der Waals surface area contributed by atoms with Gasteiger partial charge in [-0.2, -0.15) is 13.2 Å². The molecule has 0 aliphatic rings. The van der Waals surface area contributed by atoms with E-state index in [9.17, 15) is 27.7 Å². The lowest BCUT2D eigenvalue weighted by molar-refractivity contribution is -0.385. The van der Waals surface area contributed by atoms with Crippen LogP contribution in [0.25, 0.3) is 0 Å². The standard InChI is InChI=1S/C10H10F4N2O3S/c1-19-9-5-7(6(11)4-8(9)16(17)18)15-2-3-20-10(12,13)14/h4-5,15H,2-3H2,1H3. The first-order valence-electron chi connectivity index (χ1n) is 5.21. The van der Waals surface area contributed by atoms with Crippen LogP contribution in [0, 0.1) is 15.9 Å². The van der Waals surface area contributed by atoms with Gasteiger partial charge < -0.3 is 10.1 Å². The Morgan fingerprint density at radius 3 is 2.60 bits per heavy atom. The third-order valence-corrected chi connectivity index (χ3v) is 2.88. The molecule has 0 heterocycles. The molecule has 0 fully saturated rings. The summed E-state index contributed by atoms with van der Waals surface area (Å²) >= 11 is -0.248. The summed E-state index contributed by atoms with van der Waals surface area (Å²) in [4.78, 5) is 9.81. The van der Waals surface area contributed by atoms with E-state index in [0.29, 0.717) is 6.07 Å². The van der Waals surface area contributed by atoms with Crippen molar-refractivity contribution in [3.8, 4) is 5.75 Å². The molecule has 0 amide bonds. The Hall–Kier alpha value is -1.71. The average molecular weight is 314 g/mol. The van der Waals surface area contributed by atoms with E-state index in [1.54, 1.807) is 0 Å². The Morgan fingerprint density at radius 2 is 2.10 bits per heavy atom. The smallest absolute Gasteiger partial charge is 0.441 e. The first-order valence-corrected chi connectivity index (χ1v) is 6.19. The number of benzene rings is 1. The zero-order chi connectivity index (χ0) is 15.3. The highest BCUT2D eigenvalue weighted by Gasteiger charge is 2.27. The number of thioether (sulfide) groups is 1. The van der Waals surface area contributed by atoms with Crippen molar-refractivity contribution < 1.29 is 27.2 Å². The number of alkyl halides is 3. The zero-order valence-electron chi connectivity index (χ0n) is 10.2. The Kier molecular flexibility index (Phi) is 5.43. The van der Waals surface area contributed by atoms with Crippen molar-refractivity contribution in [2.45, 2.75) is 5.51 Å². The molecular weight excluding hydrogens is 304 g/mol. The van der Waals surface area contributed by atoms with Crippen molar-refractivity contribution in [3.05, 3.63) is 28.1 Å². The van der Waals surface area contributed by atoms with E-state index in [0.717, 1.165) is 6.07 Å². The maximum Gasteiger partial charge on any atom is 0.441 e. The zero-order valence-corrected chi connectivity index (χ0v) is 11.0. The van der Waals surface area contributed by atoms with E-state index in [1.807, 2.05) is 0 Å². The van der Waals surface area contributed by atoms with Crippen LogP contribution < -0.4 is 10.1 Å². The van der Waals surface area contributed by atoms with Gasteiger partial charge in [0, 0.05) is 18.4 Å². The summed E-state index contributed by atoms with van der Waals surface area (Å²) in [6.45, 7) is -0.151. The third-order valence-electron chi connectivity index (χ3n) is 2.15. The monoisotopic (exact) mass is 314 g/mol. The quantitative estimate of drug-likeness (QED) is 0.377. The van der Waals surface area contributed by atoms with Crippen molar-refractivity contribution >= 4 is 23.1 Å². The Morgan fingerprint density at radius 1 is 1.45 bits per heavy atom. The van der Waals surface area contributed by atoms with E-state index in [2.05, 4.69) is 5.32 Å². The van der Waals surface area contributed by atoms with Gasteiger partial charge in [0.25, 0.3) is 0 Å². The predicted molar refractivity (Wildman–Crippen MR) is 66.6 cm³/mol. The second kappa shape index (κ2) is 6.64. The minimum atomic E-state index is -4.35. The van der Waals surface area contributed by atoms with Crippen molar-refractivity contribution in [1.29, 1.82) is 0 Å². The highest BCUT2D eigenvalue weighted by atomic mass is 32.2. The number of nitrogens with one attached hydrogen (secondary N) is 1. The number of rotatable bonds is 6. The van der Waals surface area contributed by atoms with Crippen molar-refractivity contribution in [2.75, 3.05) is 24.7 Å². The van der Waals surface area contributed by atoms with E-state index in [4.69, 9.17) is 4.74 Å². The average Bonchev–Trinajstić information content (AvgIpc) is 2.34. The molecule has 1 rings (SSSR count). The van der Waals surface area contributed by atoms with Gasteiger partial charge in [-0.15, -0.1) is 0 Å². The van der Waals surface area contributed by atoms with E-state index < -0.39 is 21.9 Å². The third kappa shape index (κ3) is 4.76. The highest BCUT2D eigenvalue weighted by molar-refractivity contribution is 8.00. The largest absolute Gasteiger partial charge is 0.490 e. The Balaban J connectivity index is 2.74. The number of methoxy groups -OCH3 is 1. The van der Waals surface area contributed by atoms with Crippen LogP contribution in [-0.2, 0) is 0 Å². The number of hydrogen-bond donors (Lipinski definition) is 1. The van der Waals surface area contributed by atoms with Gasteiger partial charge in [0.15, 0.2) is 11.6 Å². The molecule has 0 saturated heterocycles. The minimum absolute atomic E-state index is 0.151. The molecule has 0 spiro atoms. The molecule has 1 N–H and O–H groups in total. The summed E-state index contributed by atoms with van der Waals surface area (Å²) in [7, 11) is 1.17. The van der Waals surface area contributed by atoms with E-state index in [1.165, 1.54) is 7.11 Å². The molecule has 0 atom stereocenters. The lowest BCUT2D eigenvalue weighted by atomic mass is 10.2. The molecule has 5 nitrogen and oxygen atoms in total. The number of ether oxygens (including phenoxy) is 1. The molecule has 112 valence electrons. The lowest BCUT2D eigenvalue weighted by Crippen LogP contribution is -2.10. The number of nitrogens with zero attached hydrogens (tertiary/aromatic N) is 1. The summed E-state index contributed by atoms with van der Waals surface area (Å²) in [5, 5.41) is 13.1. The van der Waals surface area contributed by atoms with Crippen molar-refractivity contribution in [1.82, 2.24) is 0 Å². The fourth-order valence-electron chi connectivity index (χ4n) is 1.34. The van der Waals surface area contributed by atoms with Crippen molar-refractivity contribution in [2.24, 2.45) is 0 Å². The molecule has 0 radical (unpaired) electrons. The molecule has 0 unspecified atom stereocenters. The van der Waals surface area contributed by atoms with Crippen LogP contribution >= 0.6 is 11.8 Å². The normalized spacial score (nSPS) is 11.2. The minimum Gasteiger partial charge on any atom is -0.490 e. The van der Waals surface area contributed by atoms with Crippen LogP contribution in [0.3, 0.4) is 0 Å². The predicted octanol–water partition coefficient (Wildman–Crippen LogP) is 3.41. The Labute approximate surface area is 115 Å². The van der Waals surface area contributed by atoms with Gasteiger partial charge in [-0.1, -0.05) is 0 Å². The van der Waals surface area contributed by atoms with Crippen LogP contribution in [0.4, 0.5) is 28.9 Å². The molecule has 0 aliphatic carbocycles. The van der Waals surface area contributed by atoms with Crippen LogP contribution in [0.2, 0.25) is 0 Å². The number of halogens is 4. The molecule has 0 saturated carbocycles. The summed E-state index contributed by atoms with van der Waals surface area (Å²) < 4.78 is 53.9. The summed E-state index contributed by atoms with van der Waals surface area (Å²) in [5.74, 6) is -1.43. The summed E-state index contributed by atoms with van der Waals surface area (Å²) in [5.41, 5.74) is -5.07.